The highest BCUT2D eigenvalue weighted by atomic mass is 32.2. The number of carbonyl (C=O) groups is 1. The summed E-state index contributed by atoms with van der Waals surface area (Å²) in [5.74, 6) is 4.72. The van der Waals surface area contributed by atoms with Gasteiger partial charge in [-0.2, -0.15) is 4.41 Å². The molecule has 0 heterocycles. The van der Waals surface area contributed by atoms with Gasteiger partial charge in [0.05, 0.1) is 5.75 Å². The molecule has 60 valence electrons. The van der Waals surface area contributed by atoms with Crippen molar-refractivity contribution in [2.45, 2.75) is 13.3 Å². The molecule has 0 saturated carbocycles. The Balaban J connectivity index is 4.26. The van der Waals surface area contributed by atoms with Crippen molar-refractivity contribution in [1.29, 1.82) is 0 Å². The molecule has 0 aliphatic carbocycles. The molecule has 0 spiro atoms. The number of hydrogen-bond donors (Lipinski definition) is 1. The summed E-state index contributed by atoms with van der Waals surface area (Å²) in [5, 5.41) is 0. The predicted octanol–water partition coefficient (Wildman–Crippen LogP) is -0.942. The second-order valence-electron chi connectivity index (χ2n) is 1.75. The molecule has 0 fully saturated rings. The quantitative estimate of drug-likeness (QED) is 0.253. The first-order chi connectivity index (χ1) is 4.54. The largest absolute Gasteiger partial charge is 0.276 e. The van der Waals surface area contributed by atoms with Crippen molar-refractivity contribution < 1.29 is 13.2 Å². The van der Waals surface area contributed by atoms with Crippen LogP contribution in [0, 0.1) is 0 Å². The summed E-state index contributed by atoms with van der Waals surface area (Å²) < 4.78 is 21.7. The van der Waals surface area contributed by atoms with Crippen LogP contribution in [0.4, 0.5) is 0 Å². The van der Waals surface area contributed by atoms with E-state index >= 15 is 0 Å². The molecule has 0 aliphatic heterocycles. The second kappa shape index (κ2) is 3.52. The molecule has 0 rings (SSSR count). The lowest BCUT2D eigenvalue weighted by atomic mass is 10.6. The second-order valence-corrected chi connectivity index (χ2v) is 3.75. The van der Waals surface area contributed by atoms with Crippen LogP contribution < -0.4 is 5.84 Å². The predicted molar refractivity (Wildman–Crippen MR) is 36.2 cm³/mol. The zero-order valence-corrected chi connectivity index (χ0v) is 6.47. The number of hydrogen-bond acceptors (Lipinski definition) is 4. The van der Waals surface area contributed by atoms with Crippen molar-refractivity contribution in [2.75, 3.05) is 5.75 Å². The van der Waals surface area contributed by atoms with Crippen LogP contribution in [0.5, 0.6) is 0 Å². The van der Waals surface area contributed by atoms with E-state index in [0.29, 0.717) is 6.42 Å². The minimum absolute atomic E-state index is 0.0744. The third kappa shape index (κ3) is 2.32. The molecule has 0 aromatic carbocycles. The first kappa shape index (κ1) is 9.38. The SMILES string of the molecule is CCCS(=O)(=O)N(N)C=O. The Labute approximate surface area is 59.8 Å². The van der Waals surface area contributed by atoms with E-state index in [4.69, 9.17) is 5.84 Å². The molecule has 0 atom stereocenters. The number of amides is 1. The van der Waals surface area contributed by atoms with E-state index in [-0.39, 0.29) is 16.6 Å². The van der Waals surface area contributed by atoms with Gasteiger partial charge in [-0.1, -0.05) is 6.92 Å². The van der Waals surface area contributed by atoms with E-state index in [9.17, 15) is 13.2 Å². The molecular formula is C4H10N2O3S. The van der Waals surface area contributed by atoms with Gasteiger partial charge in [0.1, 0.15) is 0 Å². The van der Waals surface area contributed by atoms with E-state index in [0.717, 1.165) is 0 Å². The van der Waals surface area contributed by atoms with E-state index in [1.54, 1.807) is 6.92 Å². The van der Waals surface area contributed by atoms with Crippen LogP contribution in [-0.2, 0) is 14.8 Å². The Morgan fingerprint density at radius 2 is 2.10 bits per heavy atom. The lowest BCUT2D eigenvalue weighted by Crippen LogP contribution is -2.37. The zero-order chi connectivity index (χ0) is 8.20. The molecule has 0 aliphatic rings. The summed E-state index contributed by atoms with van der Waals surface area (Å²) in [6.07, 6.45) is 0.523. The number of nitrogens with zero attached hydrogens (tertiary/aromatic N) is 1. The molecule has 0 aromatic heterocycles. The minimum Gasteiger partial charge on any atom is -0.276 e. The van der Waals surface area contributed by atoms with Gasteiger partial charge in [-0.05, 0) is 6.42 Å². The molecule has 6 heteroatoms. The summed E-state index contributed by atoms with van der Waals surface area (Å²) in [7, 11) is -3.52. The van der Waals surface area contributed by atoms with Crippen molar-refractivity contribution in [3.05, 3.63) is 0 Å². The van der Waals surface area contributed by atoms with Crippen LogP contribution in [-0.4, -0.2) is 25.0 Å². The maximum Gasteiger partial charge on any atom is 0.250 e. The average Bonchev–Trinajstić information content (AvgIpc) is 1.86. The summed E-state index contributed by atoms with van der Waals surface area (Å²) >= 11 is 0. The van der Waals surface area contributed by atoms with Crippen LogP contribution in [0.15, 0.2) is 0 Å². The van der Waals surface area contributed by atoms with Crippen molar-refractivity contribution in [1.82, 2.24) is 4.41 Å². The monoisotopic (exact) mass is 166 g/mol. The Hall–Kier alpha value is -0.620. The molecule has 0 saturated heterocycles. The van der Waals surface area contributed by atoms with E-state index in [2.05, 4.69) is 0 Å². The normalized spacial score (nSPS) is 11.0. The van der Waals surface area contributed by atoms with Crippen LogP contribution in [0.2, 0.25) is 0 Å². The molecule has 0 radical (unpaired) electrons. The van der Waals surface area contributed by atoms with Gasteiger partial charge in [0, 0.05) is 0 Å². The lowest BCUT2D eigenvalue weighted by Gasteiger charge is -2.08. The van der Waals surface area contributed by atoms with Gasteiger partial charge < -0.3 is 0 Å². The molecule has 1 amide bonds. The highest BCUT2D eigenvalue weighted by molar-refractivity contribution is 7.89. The van der Waals surface area contributed by atoms with Gasteiger partial charge in [0.15, 0.2) is 0 Å². The number of nitrogens with two attached hydrogens (primary N) is 1. The number of sulfonamides is 1. The van der Waals surface area contributed by atoms with E-state index < -0.39 is 10.0 Å². The maximum atomic E-state index is 10.7. The van der Waals surface area contributed by atoms with Gasteiger partial charge in [0.25, 0.3) is 10.0 Å². The summed E-state index contributed by atoms with van der Waals surface area (Å²) in [4.78, 5) is 9.85. The van der Waals surface area contributed by atoms with Gasteiger partial charge in [-0.15, -0.1) is 0 Å². The van der Waals surface area contributed by atoms with Crippen LogP contribution in [0.25, 0.3) is 0 Å². The van der Waals surface area contributed by atoms with E-state index in [1.165, 1.54) is 0 Å². The molecule has 10 heavy (non-hydrogen) atoms. The smallest absolute Gasteiger partial charge is 0.250 e. The van der Waals surface area contributed by atoms with Gasteiger partial charge in [-0.3, -0.25) is 4.79 Å². The van der Waals surface area contributed by atoms with Crippen LogP contribution in [0.3, 0.4) is 0 Å². The standard InChI is InChI=1S/C4H10N2O3S/c1-2-3-10(8,9)6(5)4-7/h4H,2-3,5H2,1H3. The number of hydrazine groups is 1. The fraction of sp³-hybridized carbons (Fsp3) is 0.750. The molecule has 0 aromatic rings. The van der Waals surface area contributed by atoms with Crippen molar-refractivity contribution in [3.8, 4) is 0 Å². The average molecular weight is 166 g/mol. The van der Waals surface area contributed by atoms with Gasteiger partial charge >= 0.3 is 0 Å². The molecular weight excluding hydrogens is 156 g/mol. The molecule has 0 bridgehead atoms. The first-order valence-corrected chi connectivity index (χ1v) is 4.37. The fourth-order valence-electron chi connectivity index (χ4n) is 0.429. The third-order valence-electron chi connectivity index (χ3n) is 0.887. The topological polar surface area (TPSA) is 80.5 Å². The Kier molecular flexibility index (Phi) is 3.31. The van der Waals surface area contributed by atoms with Crippen LogP contribution in [0.1, 0.15) is 13.3 Å². The summed E-state index contributed by atoms with van der Waals surface area (Å²) in [6, 6.07) is 0. The first-order valence-electron chi connectivity index (χ1n) is 2.76. The summed E-state index contributed by atoms with van der Waals surface area (Å²) in [6.45, 7) is 1.69. The van der Waals surface area contributed by atoms with Crippen molar-refractivity contribution >= 4 is 16.4 Å². The lowest BCUT2D eigenvalue weighted by molar-refractivity contribution is -0.114. The molecule has 5 nitrogen and oxygen atoms in total. The highest BCUT2D eigenvalue weighted by Gasteiger charge is 2.14. The third-order valence-corrected chi connectivity index (χ3v) is 2.54. The number of carbonyl (C=O) groups excluding carboxylic acids is 1. The highest BCUT2D eigenvalue weighted by Crippen LogP contribution is 1.93. The Morgan fingerprint density at radius 3 is 2.40 bits per heavy atom. The van der Waals surface area contributed by atoms with Crippen molar-refractivity contribution in [3.63, 3.8) is 0 Å². The Morgan fingerprint density at radius 1 is 1.60 bits per heavy atom. The van der Waals surface area contributed by atoms with Crippen LogP contribution >= 0.6 is 0 Å². The van der Waals surface area contributed by atoms with Crippen molar-refractivity contribution in [2.24, 2.45) is 5.84 Å². The van der Waals surface area contributed by atoms with Gasteiger partial charge in [-0.25, -0.2) is 14.3 Å². The minimum atomic E-state index is -3.52. The van der Waals surface area contributed by atoms with E-state index in [1.807, 2.05) is 0 Å². The zero-order valence-electron chi connectivity index (χ0n) is 5.65. The fourth-order valence-corrected chi connectivity index (χ4v) is 1.29. The maximum absolute atomic E-state index is 10.7. The Bertz CT molecular complexity index is 199. The summed E-state index contributed by atoms with van der Waals surface area (Å²) in [5.41, 5.74) is 0. The molecule has 0 unspecified atom stereocenters. The number of rotatable bonds is 4. The van der Waals surface area contributed by atoms with Gasteiger partial charge in [0.2, 0.25) is 6.41 Å². The molecule has 2 N–H and O–H groups in total.